The molecule has 4 rings (SSSR count). The Kier molecular flexibility index (Phi) is 7.57. The van der Waals surface area contributed by atoms with Gasteiger partial charge in [-0.05, 0) is 57.9 Å². The minimum atomic E-state index is -4.81. The Balaban J connectivity index is 1.43. The highest BCUT2D eigenvalue weighted by molar-refractivity contribution is 6.30. The number of rotatable bonds is 6. The quantitative estimate of drug-likeness (QED) is 0.383. The van der Waals surface area contributed by atoms with Crippen molar-refractivity contribution in [1.82, 2.24) is 15.2 Å². The molecule has 2 atom stereocenters. The van der Waals surface area contributed by atoms with E-state index >= 15 is 0 Å². The Labute approximate surface area is 215 Å². The molecule has 1 aliphatic heterocycles. The number of ether oxygens (including phenoxy) is 2. The van der Waals surface area contributed by atoms with Gasteiger partial charge in [-0.2, -0.15) is 0 Å². The second-order valence-corrected chi connectivity index (χ2v) is 10.2. The van der Waals surface area contributed by atoms with Crippen LogP contribution in [0.1, 0.15) is 45.5 Å². The number of fused-ring (bicyclic) bond motifs is 1. The van der Waals surface area contributed by atoms with E-state index in [1.807, 2.05) is 20.8 Å². The standard InChI is InChI=1S/C25H26ClF4N3O4/c1-24(2,3)33-12-14(31-22(34)13-35-15-5-7-17(26)18(27)10-15)4-9-20(33)23-32-19-8-6-16(11-21(19)36-23)37-25(28,29)30/h5-8,10-11,14,20H,4,9,12-13H2,1-3H3,(H,31,34)/t14-,20+/m0/s1. The van der Waals surface area contributed by atoms with Crippen molar-refractivity contribution in [3.05, 3.63) is 53.1 Å². The smallest absolute Gasteiger partial charge is 0.484 e. The van der Waals surface area contributed by atoms with Crippen LogP contribution in [-0.4, -0.2) is 46.9 Å². The summed E-state index contributed by atoms with van der Waals surface area (Å²) in [6.07, 6.45) is -3.61. The molecule has 12 heteroatoms. The van der Waals surface area contributed by atoms with Gasteiger partial charge < -0.3 is 19.2 Å². The lowest BCUT2D eigenvalue weighted by Crippen LogP contribution is -2.55. The second kappa shape index (κ2) is 10.4. The Bertz CT molecular complexity index is 1280. The average Bonchev–Trinajstić information content (AvgIpc) is 3.21. The van der Waals surface area contributed by atoms with E-state index in [0.29, 0.717) is 30.8 Å². The zero-order valence-electron chi connectivity index (χ0n) is 20.4. The van der Waals surface area contributed by atoms with Gasteiger partial charge in [0.25, 0.3) is 5.91 Å². The van der Waals surface area contributed by atoms with Crippen molar-refractivity contribution >= 4 is 28.6 Å². The summed E-state index contributed by atoms with van der Waals surface area (Å²) in [5, 5.41) is 2.91. The third-order valence-corrected chi connectivity index (χ3v) is 6.27. The molecule has 0 unspecified atom stereocenters. The first-order valence-electron chi connectivity index (χ1n) is 11.6. The molecule has 0 bridgehead atoms. The van der Waals surface area contributed by atoms with Gasteiger partial charge in [-0.1, -0.05) is 11.6 Å². The summed E-state index contributed by atoms with van der Waals surface area (Å²) in [5.41, 5.74) is 0.276. The summed E-state index contributed by atoms with van der Waals surface area (Å²) < 4.78 is 66.5. The van der Waals surface area contributed by atoms with Crippen molar-refractivity contribution in [2.45, 2.75) is 57.6 Å². The maximum absolute atomic E-state index is 13.6. The van der Waals surface area contributed by atoms with Crippen LogP contribution in [0, 0.1) is 5.82 Å². The van der Waals surface area contributed by atoms with Crippen molar-refractivity contribution in [2.75, 3.05) is 13.2 Å². The fourth-order valence-corrected chi connectivity index (χ4v) is 4.45. The molecule has 0 aliphatic carbocycles. The number of carbonyl (C=O) groups excluding carboxylic acids is 1. The molecule has 3 aromatic rings. The molecule has 1 fully saturated rings. The van der Waals surface area contributed by atoms with E-state index in [1.54, 1.807) is 0 Å². The zero-order valence-corrected chi connectivity index (χ0v) is 21.1. The maximum atomic E-state index is 13.6. The Morgan fingerprint density at radius 1 is 1.16 bits per heavy atom. The largest absolute Gasteiger partial charge is 0.573 e. The number of carbonyl (C=O) groups is 1. The van der Waals surface area contributed by atoms with Crippen LogP contribution in [0.25, 0.3) is 11.1 Å². The molecular formula is C25H26ClF4N3O4. The molecule has 1 N–H and O–H groups in total. The minimum Gasteiger partial charge on any atom is -0.484 e. The van der Waals surface area contributed by atoms with Gasteiger partial charge in [-0.3, -0.25) is 9.69 Å². The topological polar surface area (TPSA) is 76.8 Å². The number of halogens is 5. The molecule has 37 heavy (non-hydrogen) atoms. The summed E-state index contributed by atoms with van der Waals surface area (Å²) in [4.78, 5) is 19.1. The second-order valence-electron chi connectivity index (χ2n) is 9.77. The molecule has 0 spiro atoms. The van der Waals surface area contributed by atoms with E-state index in [9.17, 15) is 22.4 Å². The minimum absolute atomic E-state index is 0.0372. The fraction of sp³-hybridized carbons (Fsp3) is 0.440. The van der Waals surface area contributed by atoms with Crippen molar-refractivity contribution in [3.63, 3.8) is 0 Å². The highest BCUT2D eigenvalue weighted by Crippen LogP contribution is 2.38. The number of aromatic nitrogens is 1. The lowest BCUT2D eigenvalue weighted by molar-refractivity contribution is -0.274. The lowest BCUT2D eigenvalue weighted by Gasteiger charge is -2.46. The first kappa shape index (κ1) is 27.0. The van der Waals surface area contributed by atoms with Crippen molar-refractivity contribution in [2.24, 2.45) is 0 Å². The van der Waals surface area contributed by atoms with Gasteiger partial charge in [0.2, 0.25) is 5.89 Å². The van der Waals surface area contributed by atoms with Gasteiger partial charge in [0, 0.05) is 30.3 Å². The molecule has 1 amide bonds. The first-order valence-corrected chi connectivity index (χ1v) is 12.0. The van der Waals surface area contributed by atoms with Crippen molar-refractivity contribution in [3.8, 4) is 11.5 Å². The van der Waals surface area contributed by atoms with E-state index in [1.165, 1.54) is 30.3 Å². The van der Waals surface area contributed by atoms with Crippen LogP contribution < -0.4 is 14.8 Å². The number of alkyl halides is 3. The van der Waals surface area contributed by atoms with Gasteiger partial charge in [0.15, 0.2) is 12.2 Å². The summed E-state index contributed by atoms with van der Waals surface area (Å²) in [6, 6.07) is 7.28. The van der Waals surface area contributed by atoms with Crippen molar-refractivity contribution in [1.29, 1.82) is 0 Å². The number of likely N-dealkylation sites (tertiary alicyclic amines) is 1. The van der Waals surface area contributed by atoms with E-state index in [0.717, 1.165) is 6.07 Å². The number of amides is 1. The van der Waals surface area contributed by atoms with Crippen LogP contribution in [0.2, 0.25) is 5.02 Å². The van der Waals surface area contributed by atoms with Gasteiger partial charge in [-0.15, -0.1) is 13.2 Å². The van der Waals surface area contributed by atoms with Crippen LogP contribution in [0.5, 0.6) is 11.5 Å². The van der Waals surface area contributed by atoms with Gasteiger partial charge in [-0.25, -0.2) is 9.37 Å². The fourth-order valence-electron chi connectivity index (χ4n) is 4.33. The Morgan fingerprint density at radius 2 is 1.89 bits per heavy atom. The van der Waals surface area contributed by atoms with Gasteiger partial charge in [0.05, 0.1) is 11.1 Å². The van der Waals surface area contributed by atoms with E-state index < -0.39 is 12.2 Å². The van der Waals surface area contributed by atoms with Crippen LogP contribution in [0.3, 0.4) is 0 Å². The van der Waals surface area contributed by atoms with E-state index in [4.69, 9.17) is 20.8 Å². The predicted molar refractivity (Wildman–Crippen MR) is 128 cm³/mol. The Morgan fingerprint density at radius 3 is 2.57 bits per heavy atom. The summed E-state index contributed by atoms with van der Waals surface area (Å²) in [7, 11) is 0. The molecule has 7 nitrogen and oxygen atoms in total. The summed E-state index contributed by atoms with van der Waals surface area (Å²) in [6.45, 7) is 6.24. The van der Waals surface area contributed by atoms with E-state index in [-0.39, 0.29) is 52.2 Å². The van der Waals surface area contributed by atoms with Crippen molar-refractivity contribution < 1.29 is 36.2 Å². The molecule has 0 radical (unpaired) electrons. The number of benzene rings is 2. The van der Waals surface area contributed by atoms with Crippen LogP contribution in [0.4, 0.5) is 17.6 Å². The third kappa shape index (κ3) is 6.84. The molecule has 2 heterocycles. The molecule has 200 valence electrons. The van der Waals surface area contributed by atoms with Gasteiger partial charge in [0.1, 0.15) is 22.8 Å². The third-order valence-electron chi connectivity index (χ3n) is 5.96. The summed E-state index contributed by atoms with van der Waals surface area (Å²) >= 11 is 5.66. The number of hydrogen-bond donors (Lipinski definition) is 1. The summed E-state index contributed by atoms with van der Waals surface area (Å²) in [5.74, 6) is -0.803. The van der Waals surface area contributed by atoms with Crippen LogP contribution >= 0.6 is 11.6 Å². The monoisotopic (exact) mass is 543 g/mol. The lowest BCUT2D eigenvalue weighted by atomic mass is 9.92. The number of nitrogens with zero attached hydrogens (tertiary/aromatic N) is 2. The molecule has 0 saturated carbocycles. The molecule has 2 aromatic carbocycles. The van der Waals surface area contributed by atoms with Crippen LogP contribution in [0.15, 0.2) is 40.8 Å². The molecule has 1 aromatic heterocycles. The van der Waals surface area contributed by atoms with Gasteiger partial charge >= 0.3 is 6.36 Å². The molecule has 1 aliphatic rings. The SMILES string of the molecule is CC(C)(C)N1C[C@@H](NC(=O)COc2ccc(Cl)c(F)c2)CC[C@@H]1c1nc2ccc(OC(F)(F)F)cc2o1. The normalized spacial score (nSPS) is 19.1. The Hall–Kier alpha value is -3.05. The molecular weight excluding hydrogens is 518 g/mol. The highest BCUT2D eigenvalue weighted by atomic mass is 35.5. The van der Waals surface area contributed by atoms with Crippen LogP contribution in [-0.2, 0) is 4.79 Å². The number of piperidine rings is 1. The number of hydrogen-bond acceptors (Lipinski definition) is 6. The predicted octanol–water partition coefficient (Wildman–Crippen LogP) is 6.02. The highest BCUT2D eigenvalue weighted by Gasteiger charge is 2.39. The van der Waals surface area contributed by atoms with E-state index in [2.05, 4.69) is 19.9 Å². The number of nitrogens with one attached hydrogen (secondary N) is 1. The maximum Gasteiger partial charge on any atom is 0.573 e. The first-order chi connectivity index (χ1) is 17.3. The average molecular weight is 544 g/mol. The molecule has 1 saturated heterocycles. The number of oxazole rings is 1. The zero-order chi connectivity index (χ0) is 27.0.